The van der Waals surface area contributed by atoms with Crippen molar-refractivity contribution in [2.24, 2.45) is 0 Å². The van der Waals surface area contributed by atoms with Crippen LogP contribution in [0.1, 0.15) is 11.1 Å². The van der Waals surface area contributed by atoms with E-state index in [0.29, 0.717) is 34.4 Å². The lowest BCUT2D eigenvalue weighted by Gasteiger charge is -2.19. The number of thioether (sulfide) groups is 1. The molecule has 0 saturated heterocycles. The molecule has 4 rings (SSSR count). The molecular formula is C24H23N3O3S2. The van der Waals surface area contributed by atoms with Crippen molar-refractivity contribution >= 4 is 44.4 Å². The molecule has 0 spiro atoms. The van der Waals surface area contributed by atoms with Gasteiger partial charge in [-0.05, 0) is 42.8 Å². The molecule has 8 heteroatoms. The van der Waals surface area contributed by atoms with Gasteiger partial charge in [0.15, 0.2) is 5.13 Å². The third kappa shape index (κ3) is 4.87. The zero-order valence-electron chi connectivity index (χ0n) is 18.1. The maximum atomic E-state index is 13.4. The number of carbonyl (C=O) groups is 1. The van der Waals surface area contributed by atoms with E-state index in [1.165, 1.54) is 28.7 Å². The molecule has 164 valence electrons. The van der Waals surface area contributed by atoms with Crippen LogP contribution in [0, 0.1) is 6.92 Å². The summed E-state index contributed by atoms with van der Waals surface area (Å²) in [7, 11) is 3.23. The van der Waals surface area contributed by atoms with Crippen molar-refractivity contribution in [3.8, 4) is 11.5 Å². The number of ether oxygens (including phenoxy) is 2. The Balaban J connectivity index is 1.67. The van der Waals surface area contributed by atoms with Crippen LogP contribution >= 0.6 is 23.1 Å². The molecule has 0 bridgehead atoms. The van der Waals surface area contributed by atoms with E-state index in [9.17, 15) is 4.79 Å². The minimum Gasteiger partial charge on any atom is -0.495 e. The molecule has 0 radical (unpaired) electrons. The summed E-state index contributed by atoms with van der Waals surface area (Å²) in [6.45, 7) is 2.43. The standard InChI is InChI=1S/C24H23N3O3S2/c1-16-6-8-18(9-7-16)31-15-21(28)27(14-17-5-4-12-25-13-17)24-26-22-19(29-2)10-11-20(30-3)23(22)32-24/h4-13H,14-15H2,1-3H3. The van der Waals surface area contributed by atoms with E-state index in [1.54, 1.807) is 31.5 Å². The molecule has 1 amide bonds. The van der Waals surface area contributed by atoms with Gasteiger partial charge in [0.2, 0.25) is 5.91 Å². The van der Waals surface area contributed by atoms with E-state index in [4.69, 9.17) is 14.5 Å². The Morgan fingerprint density at radius 1 is 1.06 bits per heavy atom. The Morgan fingerprint density at radius 3 is 2.50 bits per heavy atom. The Kier molecular flexibility index (Phi) is 6.92. The van der Waals surface area contributed by atoms with Crippen molar-refractivity contribution in [2.75, 3.05) is 24.9 Å². The zero-order valence-corrected chi connectivity index (χ0v) is 19.7. The van der Waals surface area contributed by atoms with E-state index in [0.717, 1.165) is 15.2 Å². The first kappa shape index (κ1) is 22.1. The molecule has 0 aliphatic rings. The molecule has 2 aromatic carbocycles. The summed E-state index contributed by atoms with van der Waals surface area (Å²) in [5.74, 6) is 1.61. The minimum absolute atomic E-state index is 0.0311. The Morgan fingerprint density at radius 2 is 1.81 bits per heavy atom. The number of aryl methyl sites for hydroxylation is 1. The summed E-state index contributed by atoms with van der Waals surface area (Å²) in [4.78, 5) is 25.1. The lowest BCUT2D eigenvalue weighted by Crippen LogP contribution is -2.31. The summed E-state index contributed by atoms with van der Waals surface area (Å²) in [5, 5.41) is 0.598. The first-order valence-electron chi connectivity index (χ1n) is 9.99. The summed E-state index contributed by atoms with van der Waals surface area (Å²) in [6, 6.07) is 15.7. The average molecular weight is 466 g/mol. The second-order valence-corrected chi connectivity index (χ2v) is 9.11. The van der Waals surface area contributed by atoms with Crippen molar-refractivity contribution in [3.05, 3.63) is 72.1 Å². The average Bonchev–Trinajstić information content (AvgIpc) is 3.27. The molecule has 0 saturated carbocycles. The van der Waals surface area contributed by atoms with Crippen LogP contribution in [0.25, 0.3) is 10.2 Å². The molecule has 0 aliphatic carbocycles. The highest BCUT2D eigenvalue weighted by Crippen LogP contribution is 2.40. The fourth-order valence-electron chi connectivity index (χ4n) is 3.18. The highest BCUT2D eigenvalue weighted by Gasteiger charge is 2.23. The molecule has 0 fully saturated rings. The first-order valence-corrected chi connectivity index (χ1v) is 11.8. The highest BCUT2D eigenvalue weighted by molar-refractivity contribution is 8.00. The van der Waals surface area contributed by atoms with Gasteiger partial charge in [0.05, 0.1) is 26.5 Å². The normalized spacial score (nSPS) is 10.8. The second kappa shape index (κ2) is 10.0. The van der Waals surface area contributed by atoms with Gasteiger partial charge in [-0.25, -0.2) is 4.98 Å². The lowest BCUT2D eigenvalue weighted by atomic mass is 10.2. The summed E-state index contributed by atoms with van der Waals surface area (Å²) in [6.07, 6.45) is 3.48. The minimum atomic E-state index is -0.0311. The molecule has 6 nitrogen and oxygen atoms in total. The number of amides is 1. The van der Waals surface area contributed by atoms with Crippen LogP contribution in [-0.2, 0) is 11.3 Å². The molecule has 4 aromatic rings. The van der Waals surface area contributed by atoms with E-state index < -0.39 is 0 Å². The number of methoxy groups -OCH3 is 2. The number of hydrogen-bond donors (Lipinski definition) is 0. The third-order valence-electron chi connectivity index (χ3n) is 4.88. The number of benzene rings is 2. The van der Waals surface area contributed by atoms with Gasteiger partial charge in [-0.2, -0.15) is 0 Å². The number of carbonyl (C=O) groups excluding carboxylic acids is 1. The molecule has 32 heavy (non-hydrogen) atoms. The topological polar surface area (TPSA) is 64.6 Å². The quantitative estimate of drug-likeness (QED) is 0.327. The maximum absolute atomic E-state index is 13.4. The van der Waals surface area contributed by atoms with E-state index in [2.05, 4.69) is 4.98 Å². The number of rotatable bonds is 8. The highest BCUT2D eigenvalue weighted by atomic mass is 32.2. The van der Waals surface area contributed by atoms with Crippen molar-refractivity contribution < 1.29 is 14.3 Å². The van der Waals surface area contributed by atoms with Crippen LogP contribution in [0.5, 0.6) is 11.5 Å². The fraction of sp³-hybridized carbons (Fsp3) is 0.208. The molecule has 2 heterocycles. The summed E-state index contributed by atoms with van der Waals surface area (Å²) >= 11 is 2.93. The van der Waals surface area contributed by atoms with Crippen molar-refractivity contribution in [1.29, 1.82) is 0 Å². The Bertz CT molecular complexity index is 1170. The SMILES string of the molecule is COc1ccc(OC)c2sc(N(Cc3cccnc3)C(=O)CSc3ccc(C)cc3)nc12. The van der Waals surface area contributed by atoms with Gasteiger partial charge in [-0.1, -0.05) is 35.1 Å². The number of fused-ring (bicyclic) bond motifs is 1. The maximum Gasteiger partial charge on any atom is 0.239 e. The first-order chi connectivity index (χ1) is 15.6. The predicted octanol–water partition coefficient (Wildman–Crippen LogP) is 5.34. The van der Waals surface area contributed by atoms with Gasteiger partial charge in [-0.3, -0.25) is 14.7 Å². The summed E-state index contributed by atoms with van der Waals surface area (Å²) < 4.78 is 11.8. The monoisotopic (exact) mass is 465 g/mol. The third-order valence-corrected chi connectivity index (χ3v) is 6.97. The number of thiazole rings is 1. The van der Waals surface area contributed by atoms with Gasteiger partial charge in [0.25, 0.3) is 0 Å². The van der Waals surface area contributed by atoms with Gasteiger partial charge < -0.3 is 9.47 Å². The lowest BCUT2D eigenvalue weighted by molar-refractivity contribution is -0.116. The van der Waals surface area contributed by atoms with Crippen molar-refractivity contribution in [1.82, 2.24) is 9.97 Å². The Labute approximate surface area is 195 Å². The molecule has 0 atom stereocenters. The number of anilines is 1. The van der Waals surface area contributed by atoms with Gasteiger partial charge in [-0.15, -0.1) is 11.8 Å². The molecular weight excluding hydrogens is 442 g/mol. The zero-order chi connectivity index (χ0) is 22.5. The van der Waals surface area contributed by atoms with Crippen LogP contribution in [0.2, 0.25) is 0 Å². The molecule has 2 aromatic heterocycles. The van der Waals surface area contributed by atoms with E-state index in [-0.39, 0.29) is 5.91 Å². The Hall–Kier alpha value is -3.10. The molecule has 0 N–H and O–H groups in total. The van der Waals surface area contributed by atoms with Gasteiger partial charge in [0.1, 0.15) is 21.7 Å². The molecule has 0 unspecified atom stereocenters. The molecule has 0 aliphatic heterocycles. The van der Waals surface area contributed by atoms with E-state index >= 15 is 0 Å². The van der Waals surface area contributed by atoms with Gasteiger partial charge >= 0.3 is 0 Å². The van der Waals surface area contributed by atoms with Gasteiger partial charge in [0, 0.05) is 17.3 Å². The smallest absolute Gasteiger partial charge is 0.239 e. The van der Waals surface area contributed by atoms with Crippen molar-refractivity contribution in [2.45, 2.75) is 18.4 Å². The van der Waals surface area contributed by atoms with Crippen LogP contribution in [0.3, 0.4) is 0 Å². The number of hydrogen-bond acceptors (Lipinski definition) is 7. The van der Waals surface area contributed by atoms with Crippen LogP contribution in [0.15, 0.2) is 65.8 Å². The second-order valence-electron chi connectivity index (χ2n) is 7.09. The summed E-state index contributed by atoms with van der Waals surface area (Å²) in [5.41, 5.74) is 2.80. The largest absolute Gasteiger partial charge is 0.495 e. The number of pyridine rings is 1. The van der Waals surface area contributed by atoms with Crippen LogP contribution in [-0.4, -0.2) is 35.8 Å². The number of nitrogens with zero attached hydrogens (tertiary/aromatic N) is 3. The van der Waals surface area contributed by atoms with Crippen molar-refractivity contribution in [3.63, 3.8) is 0 Å². The van der Waals surface area contributed by atoms with Crippen LogP contribution < -0.4 is 14.4 Å². The fourth-order valence-corrected chi connectivity index (χ4v) is 5.05. The van der Waals surface area contributed by atoms with E-state index in [1.807, 2.05) is 55.5 Å². The number of aromatic nitrogens is 2. The van der Waals surface area contributed by atoms with Crippen LogP contribution in [0.4, 0.5) is 5.13 Å². The predicted molar refractivity (Wildman–Crippen MR) is 130 cm³/mol.